The van der Waals surface area contributed by atoms with E-state index in [-0.39, 0.29) is 11.6 Å². The third-order valence-electron chi connectivity index (χ3n) is 2.78. The second kappa shape index (κ2) is 4.50. The topological polar surface area (TPSA) is 83.7 Å². The Morgan fingerprint density at radius 1 is 1.41 bits per heavy atom. The molecule has 1 N–H and O–H groups in total. The highest BCUT2D eigenvalue weighted by Gasteiger charge is 2.25. The summed E-state index contributed by atoms with van der Waals surface area (Å²) in [6, 6.07) is 5.48. The Labute approximate surface area is 97.6 Å². The smallest absolute Gasteiger partial charge is 0.269 e. The summed E-state index contributed by atoms with van der Waals surface area (Å²) in [6.45, 7) is 0.854. The van der Waals surface area contributed by atoms with Crippen molar-refractivity contribution in [1.29, 1.82) is 0 Å². The molecule has 17 heavy (non-hydrogen) atoms. The van der Waals surface area contributed by atoms with Gasteiger partial charge in [-0.05, 0) is 18.6 Å². The Balaban J connectivity index is 2.12. The van der Waals surface area contributed by atoms with Gasteiger partial charge in [0.25, 0.3) is 11.6 Å². The predicted molar refractivity (Wildman–Crippen MR) is 59.6 cm³/mol. The van der Waals surface area contributed by atoms with Gasteiger partial charge >= 0.3 is 0 Å². The van der Waals surface area contributed by atoms with Crippen LogP contribution in [0.3, 0.4) is 0 Å². The highest BCUT2D eigenvalue weighted by Crippen LogP contribution is 2.16. The maximum Gasteiger partial charge on any atom is 0.269 e. The standard InChI is InChI=1S/C11H12N2O4/c14-10-5-6-12(7-10)11(15)8-1-3-9(4-2-8)13(16)17/h1-4,10,14H,5-7H2. The first kappa shape index (κ1) is 11.5. The second-order valence-corrected chi connectivity index (χ2v) is 4.00. The Morgan fingerprint density at radius 2 is 2.06 bits per heavy atom. The molecule has 0 aromatic heterocycles. The number of hydrogen-bond acceptors (Lipinski definition) is 4. The van der Waals surface area contributed by atoms with Crippen LogP contribution in [0.2, 0.25) is 0 Å². The number of carbonyl (C=O) groups is 1. The zero-order chi connectivity index (χ0) is 12.4. The van der Waals surface area contributed by atoms with E-state index in [0.29, 0.717) is 25.1 Å². The minimum Gasteiger partial charge on any atom is -0.391 e. The molecule has 1 saturated heterocycles. The van der Waals surface area contributed by atoms with E-state index in [9.17, 15) is 20.0 Å². The number of nitro groups is 1. The third kappa shape index (κ3) is 2.42. The number of nitro benzene ring substituents is 1. The van der Waals surface area contributed by atoms with Crippen molar-refractivity contribution in [2.75, 3.05) is 13.1 Å². The molecule has 1 amide bonds. The number of benzene rings is 1. The van der Waals surface area contributed by atoms with E-state index in [1.54, 1.807) is 4.90 Å². The Kier molecular flexibility index (Phi) is 3.06. The fourth-order valence-corrected chi connectivity index (χ4v) is 1.83. The number of amides is 1. The van der Waals surface area contributed by atoms with E-state index in [0.717, 1.165) is 0 Å². The van der Waals surface area contributed by atoms with Gasteiger partial charge in [0.15, 0.2) is 0 Å². The summed E-state index contributed by atoms with van der Waals surface area (Å²) < 4.78 is 0. The van der Waals surface area contributed by atoms with Gasteiger partial charge in [0.05, 0.1) is 11.0 Å². The summed E-state index contributed by atoms with van der Waals surface area (Å²) in [5.74, 6) is -0.198. The van der Waals surface area contributed by atoms with Crippen LogP contribution in [0.4, 0.5) is 5.69 Å². The number of aliphatic hydroxyl groups excluding tert-OH is 1. The summed E-state index contributed by atoms with van der Waals surface area (Å²) in [4.78, 5) is 23.4. The summed E-state index contributed by atoms with van der Waals surface area (Å²) in [7, 11) is 0. The molecule has 0 aliphatic carbocycles. The van der Waals surface area contributed by atoms with Gasteiger partial charge in [-0.25, -0.2) is 0 Å². The summed E-state index contributed by atoms with van der Waals surface area (Å²) in [5.41, 5.74) is 0.368. The maximum absolute atomic E-state index is 11.9. The van der Waals surface area contributed by atoms with Gasteiger partial charge in [-0.3, -0.25) is 14.9 Å². The van der Waals surface area contributed by atoms with Gasteiger partial charge in [-0.1, -0.05) is 0 Å². The number of hydrogen-bond donors (Lipinski definition) is 1. The van der Waals surface area contributed by atoms with Crippen LogP contribution in [0.5, 0.6) is 0 Å². The molecule has 1 aromatic rings. The molecule has 1 fully saturated rings. The number of carbonyl (C=O) groups excluding carboxylic acids is 1. The Hall–Kier alpha value is -1.95. The van der Waals surface area contributed by atoms with Crippen LogP contribution >= 0.6 is 0 Å². The van der Waals surface area contributed by atoms with Crippen molar-refractivity contribution in [1.82, 2.24) is 4.90 Å². The molecule has 0 spiro atoms. The first-order valence-corrected chi connectivity index (χ1v) is 5.30. The van der Waals surface area contributed by atoms with Crippen LogP contribution in [-0.2, 0) is 0 Å². The highest BCUT2D eigenvalue weighted by atomic mass is 16.6. The number of aliphatic hydroxyl groups is 1. The summed E-state index contributed by atoms with van der Waals surface area (Å²) >= 11 is 0. The van der Waals surface area contributed by atoms with E-state index >= 15 is 0 Å². The Bertz CT molecular complexity index is 443. The van der Waals surface area contributed by atoms with Gasteiger partial charge in [0, 0.05) is 30.8 Å². The van der Waals surface area contributed by atoms with Crippen molar-refractivity contribution in [3.05, 3.63) is 39.9 Å². The van der Waals surface area contributed by atoms with Gasteiger partial charge in [-0.15, -0.1) is 0 Å². The van der Waals surface area contributed by atoms with Gasteiger partial charge in [-0.2, -0.15) is 0 Å². The molecule has 90 valence electrons. The average molecular weight is 236 g/mol. The lowest BCUT2D eigenvalue weighted by Gasteiger charge is -2.15. The Morgan fingerprint density at radius 3 is 2.53 bits per heavy atom. The minimum absolute atomic E-state index is 0.0389. The molecule has 1 unspecified atom stereocenters. The van der Waals surface area contributed by atoms with Crippen molar-refractivity contribution in [2.45, 2.75) is 12.5 Å². The highest BCUT2D eigenvalue weighted by molar-refractivity contribution is 5.94. The van der Waals surface area contributed by atoms with E-state index in [1.807, 2.05) is 0 Å². The van der Waals surface area contributed by atoms with E-state index in [2.05, 4.69) is 0 Å². The molecule has 1 heterocycles. The molecule has 1 aromatic carbocycles. The average Bonchev–Trinajstić information content (AvgIpc) is 2.75. The molecule has 0 radical (unpaired) electrons. The lowest BCUT2D eigenvalue weighted by atomic mass is 10.2. The predicted octanol–water partition coefficient (Wildman–Crippen LogP) is 0.802. The van der Waals surface area contributed by atoms with Crippen LogP contribution in [0.25, 0.3) is 0 Å². The number of non-ortho nitro benzene ring substituents is 1. The molecule has 6 heteroatoms. The quantitative estimate of drug-likeness (QED) is 0.608. The van der Waals surface area contributed by atoms with Crippen LogP contribution in [-0.4, -0.2) is 40.0 Å². The van der Waals surface area contributed by atoms with Gasteiger partial charge < -0.3 is 10.0 Å². The van der Waals surface area contributed by atoms with Crippen molar-refractivity contribution in [3.8, 4) is 0 Å². The molecule has 1 aliphatic rings. The fraction of sp³-hybridized carbons (Fsp3) is 0.364. The third-order valence-corrected chi connectivity index (χ3v) is 2.78. The fourth-order valence-electron chi connectivity index (χ4n) is 1.83. The molecular weight excluding hydrogens is 224 g/mol. The van der Waals surface area contributed by atoms with Crippen molar-refractivity contribution in [3.63, 3.8) is 0 Å². The largest absolute Gasteiger partial charge is 0.391 e. The molecular formula is C11H12N2O4. The summed E-state index contributed by atoms with van der Waals surface area (Å²) in [5, 5.41) is 19.8. The number of nitrogens with zero attached hydrogens (tertiary/aromatic N) is 2. The number of rotatable bonds is 2. The number of likely N-dealkylation sites (tertiary alicyclic amines) is 1. The molecule has 2 rings (SSSR count). The molecule has 1 aliphatic heterocycles. The monoisotopic (exact) mass is 236 g/mol. The first-order chi connectivity index (χ1) is 8.08. The van der Waals surface area contributed by atoms with Crippen molar-refractivity contribution < 1.29 is 14.8 Å². The first-order valence-electron chi connectivity index (χ1n) is 5.30. The molecule has 0 bridgehead atoms. The van der Waals surface area contributed by atoms with E-state index in [1.165, 1.54) is 24.3 Å². The van der Waals surface area contributed by atoms with Crippen LogP contribution < -0.4 is 0 Å². The maximum atomic E-state index is 11.9. The molecule has 6 nitrogen and oxygen atoms in total. The number of β-amino-alcohol motifs (C(OH)–C–C–N with tert-alkyl or cyclic N) is 1. The zero-order valence-corrected chi connectivity index (χ0v) is 9.07. The van der Waals surface area contributed by atoms with Gasteiger partial charge in [0.1, 0.15) is 0 Å². The van der Waals surface area contributed by atoms with Crippen LogP contribution in [0, 0.1) is 10.1 Å². The second-order valence-electron chi connectivity index (χ2n) is 4.00. The SMILES string of the molecule is O=C(c1ccc([N+](=O)[O-])cc1)N1CCC(O)C1. The molecule has 1 atom stereocenters. The lowest BCUT2D eigenvalue weighted by molar-refractivity contribution is -0.384. The lowest BCUT2D eigenvalue weighted by Crippen LogP contribution is -2.29. The van der Waals surface area contributed by atoms with Gasteiger partial charge in [0.2, 0.25) is 0 Å². The van der Waals surface area contributed by atoms with E-state index < -0.39 is 11.0 Å². The van der Waals surface area contributed by atoms with Crippen LogP contribution in [0.15, 0.2) is 24.3 Å². The molecule has 0 saturated carbocycles. The van der Waals surface area contributed by atoms with Crippen molar-refractivity contribution in [2.24, 2.45) is 0 Å². The zero-order valence-electron chi connectivity index (χ0n) is 9.07. The van der Waals surface area contributed by atoms with E-state index in [4.69, 9.17) is 0 Å². The van der Waals surface area contributed by atoms with Crippen molar-refractivity contribution >= 4 is 11.6 Å². The van der Waals surface area contributed by atoms with Crippen LogP contribution in [0.1, 0.15) is 16.8 Å². The summed E-state index contributed by atoms with van der Waals surface area (Å²) in [6.07, 6.45) is 0.121. The normalized spacial score (nSPS) is 19.4. The minimum atomic E-state index is -0.506.